The van der Waals surface area contributed by atoms with Crippen molar-refractivity contribution < 1.29 is 14.3 Å². The lowest BCUT2D eigenvalue weighted by molar-refractivity contribution is -0.254. The van der Waals surface area contributed by atoms with Crippen molar-refractivity contribution in [3.05, 3.63) is 71.4 Å². The molecule has 0 spiro atoms. The van der Waals surface area contributed by atoms with Gasteiger partial charge < -0.3 is 15.6 Å². The lowest BCUT2D eigenvalue weighted by atomic mass is 9.99. The highest BCUT2D eigenvalue weighted by Crippen LogP contribution is 2.41. The van der Waals surface area contributed by atoms with Crippen LogP contribution in [0, 0.1) is 5.82 Å². The van der Waals surface area contributed by atoms with Gasteiger partial charge in [0.25, 0.3) is 0 Å². The zero-order chi connectivity index (χ0) is 18.3. The quantitative estimate of drug-likeness (QED) is 0.602. The number of aromatic carboxylic acids is 1. The van der Waals surface area contributed by atoms with Crippen LogP contribution in [0.5, 0.6) is 0 Å². The van der Waals surface area contributed by atoms with E-state index in [9.17, 15) is 14.3 Å². The van der Waals surface area contributed by atoms with Gasteiger partial charge in [-0.1, -0.05) is 30.3 Å². The van der Waals surface area contributed by atoms with Crippen molar-refractivity contribution in [2.45, 2.75) is 0 Å². The minimum atomic E-state index is -1.33. The van der Waals surface area contributed by atoms with Crippen LogP contribution in [0.2, 0.25) is 0 Å². The minimum Gasteiger partial charge on any atom is -0.544 e. The van der Waals surface area contributed by atoms with Gasteiger partial charge in [-0.25, -0.2) is 9.37 Å². The molecule has 0 unspecified atom stereocenters. The molecule has 2 N–H and O–H groups in total. The maximum atomic E-state index is 13.2. The topological polar surface area (TPSA) is 79.0 Å². The fraction of sp³-hybridized carbons (Fsp3) is 0. The molecule has 0 radical (unpaired) electrons. The number of pyridine rings is 1. The van der Waals surface area contributed by atoms with Crippen molar-refractivity contribution in [1.29, 1.82) is 0 Å². The summed E-state index contributed by atoms with van der Waals surface area (Å²) in [6.45, 7) is 0. The van der Waals surface area contributed by atoms with Gasteiger partial charge in [0, 0.05) is 10.9 Å². The Hall–Kier alpha value is -3.25. The molecular formula is C20H12FN2O2S-. The van der Waals surface area contributed by atoms with Crippen molar-refractivity contribution in [2.24, 2.45) is 0 Å². The van der Waals surface area contributed by atoms with Crippen LogP contribution in [0.25, 0.3) is 32.6 Å². The number of carbonyl (C=O) groups is 1. The summed E-state index contributed by atoms with van der Waals surface area (Å²) in [5.74, 6) is -1.66. The number of hydrogen-bond donors (Lipinski definition) is 1. The van der Waals surface area contributed by atoms with E-state index in [2.05, 4.69) is 4.98 Å². The molecule has 4 aromatic rings. The van der Waals surface area contributed by atoms with Gasteiger partial charge in [-0.05, 0) is 41.5 Å². The molecule has 128 valence electrons. The number of carboxylic acids is 1. The molecule has 4 rings (SSSR count). The average Bonchev–Trinajstić information content (AvgIpc) is 2.99. The number of carboxylic acid groups (broad SMARTS) is 1. The molecule has 0 aliphatic heterocycles. The molecule has 0 aliphatic rings. The largest absolute Gasteiger partial charge is 0.544 e. The van der Waals surface area contributed by atoms with Crippen LogP contribution < -0.4 is 10.8 Å². The van der Waals surface area contributed by atoms with E-state index in [-0.39, 0.29) is 16.4 Å². The minimum absolute atomic E-state index is 0.0408. The Labute approximate surface area is 152 Å². The van der Waals surface area contributed by atoms with Crippen LogP contribution in [-0.2, 0) is 0 Å². The molecular weight excluding hydrogens is 351 g/mol. The van der Waals surface area contributed by atoms with Crippen LogP contribution >= 0.6 is 11.3 Å². The van der Waals surface area contributed by atoms with E-state index in [4.69, 9.17) is 5.73 Å². The second-order valence-corrected chi connectivity index (χ2v) is 6.74. The van der Waals surface area contributed by atoms with E-state index >= 15 is 0 Å². The fourth-order valence-electron chi connectivity index (χ4n) is 2.89. The van der Waals surface area contributed by atoms with Crippen LogP contribution in [0.1, 0.15) is 9.67 Å². The summed E-state index contributed by atoms with van der Waals surface area (Å²) in [5, 5.41) is 12.0. The molecule has 0 atom stereocenters. The standard InChI is InChI=1S/C20H13FN2O2S/c21-13-8-6-12(7-9-13)15-10-14(11-4-2-1-3-5-11)16-17(22)18(20(24)25)26-19(16)23-15/h1-10H,22H2,(H,24,25)/p-1. The highest BCUT2D eigenvalue weighted by molar-refractivity contribution is 7.21. The second-order valence-electron chi connectivity index (χ2n) is 5.74. The fourth-order valence-corrected chi connectivity index (χ4v) is 3.84. The maximum Gasteiger partial charge on any atom is 0.127 e. The molecule has 2 aromatic heterocycles. The Morgan fingerprint density at radius 1 is 1.04 bits per heavy atom. The van der Waals surface area contributed by atoms with Gasteiger partial charge in [-0.3, -0.25) is 0 Å². The van der Waals surface area contributed by atoms with Crippen LogP contribution in [-0.4, -0.2) is 11.0 Å². The molecule has 6 heteroatoms. The predicted octanol–water partition coefficient (Wildman–Crippen LogP) is 3.72. The zero-order valence-corrected chi connectivity index (χ0v) is 14.2. The van der Waals surface area contributed by atoms with Gasteiger partial charge in [-0.15, -0.1) is 11.3 Å². The number of aromatic nitrogens is 1. The Morgan fingerprint density at radius 3 is 2.38 bits per heavy atom. The summed E-state index contributed by atoms with van der Waals surface area (Å²) in [6, 6.07) is 17.3. The Balaban J connectivity index is 2.04. The van der Waals surface area contributed by atoms with E-state index < -0.39 is 5.97 Å². The molecule has 0 bridgehead atoms. The van der Waals surface area contributed by atoms with Gasteiger partial charge in [0.2, 0.25) is 0 Å². The van der Waals surface area contributed by atoms with Gasteiger partial charge in [0.15, 0.2) is 0 Å². The van der Waals surface area contributed by atoms with E-state index in [1.54, 1.807) is 12.1 Å². The summed E-state index contributed by atoms with van der Waals surface area (Å²) in [7, 11) is 0. The van der Waals surface area contributed by atoms with E-state index in [1.807, 2.05) is 36.4 Å². The molecule has 2 aromatic carbocycles. The summed E-state index contributed by atoms with van der Waals surface area (Å²) < 4.78 is 13.2. The second kappa shape index (κ2) is 6.24. The van der Waals surface area contributed by atoms with Crippen molar-refractivity contribution >= 4 is 33.2 Å². The molecule has 4 nitrogen and oxygen atoms in total. The number of halogens is 1. The Morgan fingerprint density at radius 2 is 1.73 bits per heavy atom. The first-order chi connectivity index (χ1) is 12.5. The highest BCUT2D eigenvalue weighted by atomic mass is 32.1. The number of nitrogen functional groups attached to an aromatic ring is 1. The third kappa shape index (κ3) is 2.70. The van der Waals surface area contributed by atoms with Gasteiger partial charge in [-0.2, -0.15) is 0 Å². The molecule has 0 fully saturated rings. The van der Waals surface area contributed by atoms with Gasteiger partial charge in [0.05, 0.1) is 22.2 Å². The monoisotopic (exact) mass is 363 g/mol. The number of nitrogens with zero attached hydrogens (tertiary/aromatic N) is 1. The number of nitrogens with two attached hydrogens (primary N) is 1. The van der Waals surface area contributed by atoms with E-state index in [1.165, 1.54) is 12.1 Å². The third-order valence-corrected chi connectivity index (χ3v) is 5.19. The lowest BCUT2D eigenvalue weighted by Crippen LogP contribution is -2.21. The molecule has 26 heavy (non-hydrogen) atoms. The zero-order valence-electron chi connectivity index (χ0n) is 13.4. The van der Waals surface area contributed by atoms with E-state index in [0.29, 0.717) is 15.9 Å². The lowest BCUT2D eigenvalue weighted by Gasteiger charge is -2.09. The number of benzene rings is 2. The average molecular weight is 363 g/mol. The number of fused-ring (bicyclic) bond motifs is 1. The number of carbonyl (C=O) groups excluding carboxylic acids is 1. The van der Waals surface area contributed by atoms with E-state index in [0.717, 1.165) is 28.0 Å². The summed E-state index contributed by atoms with van der Waals surface area (Å²) in [6.07, 6.45) is 0. The molecule has 0 aliphatic carbocycles. The number of thiophene rings is 1. The van der Waals surface area contributed by atoms with Crippen molar-refractivity contribution in [3.8, 4) is 22.4 Å². The number of anilines is 1. The first-order valence-electron chi connectivity index (χ1n) is 7.80. The molecule has 0 amide bonds. The molecule has 0 saturated carbocycles. The maximum absolute atomic E-state index is 13.2. The van der Waals surface area contributed by atoms with Crippen LogP contribution in [0.3, 0.4) is 0 Å². The van der Waals surface area contributed by atoms with Crippen molar-refractivity contribution in [3.63, 3.8) is 0 Å². The van der Waals surface area contributed by atoms with Crippen molar-refractivity contribution in [2.75, 3.05) is 5.73 Å². The van der Waals surface area contributed by atoms with Gasteiger partial charge >= 0.3 is 0 Å². The van der Waals surface area contributed by atoms with Crippen LogP contribution in [0.4, 0.5) is 10.1 Å². The highest BCUT2D eigenvalue weighted by Gasteiger charge is 2.18. The summed E-state index contributed by atoms with van der Waals surface area (Å²) in [5.41, 5.74) is 9.24. The normalized spacial score (nSPS) is 11.0. The smallest absolute Gasteiger partial charge is 0.127 e. The number of rotatable bonds is 3. The molecule has 0 saturated heterocycles. The summed E-state index contributed by atoms with van der Waals surface area (Å²) in [4.78, 5) is 16.4. The third-order valence-electron chi connectivity index (χ3n) is 4.11. The Bertz CT molecular complexity index is 1120. The Kier molecular flexibility index (Phi) is 3.89. The van der Waals surface area contributed by atoms with Crippen molar-refractivity contribution in [1.82, 2.24) is 4.98 Å². The summed E-state index contributed by atoms with van der Waals surface area (Å²) >= 11 is 0.981. The van der Waals surface area contributed by atoms with Crippen LogP contribution in [0.15, 0.2) is 60.7 Å². The predicted molar refractivity (Wildman–Crippen MR) is 99.2 cm³/mol. The first kappa shape index (κ1) is 16.2. The first-order valence-corrected chi connectivity index (χ1v) is 8.62. The SMILES string of the molecule is Nc1c(C(=O)[O-])sc2nc(-c3ccc(F)cc3)cc(-c3ccccc3)c12. The molecule has 2 heterocycles. The van der Waals surface area contributed by atoms with Gasteiger partial charge in [0.1, 0.15) is 10.6 Å². The number of hydrogen-bond acceptors (Lipinski definition) is 5.